The van der Waals surface area contributed by atoms with Crippen molar-refractivity contribution in [2.75, 3.05) is 13.7 Å². The van der Waals surface area contributed by atoms with Gasteiger partial charge in [-0.3, -0.25) is 4.79 Å². The Morgan fingerprint density at radius 2 is 2.05 bits per heavy atom. The van der Waals surface area contributed by atoms with Gasteiger partial charge in [-0.1, -0.05) is 19.4 Å². The first-order valence-electron chi connectivity index (χ1n) is 7.70. The lowest BCUT2D eigenvalue weighted by Gasteiger charge is -2.22. The number of hydrogen-bond acceptors (Lipinski definition) is 4. The predicted molar refractivity (Wildman–Crippen MR) is 88.2 cm³/mol. The van der Waals surface area contributed by atoms with Crippen LogP contribution in [0.15, 0.2) is 18.2 Å². The van der Waals surface area contributed by atoms with E-state index in [1.165, 1.54) is 0 Å². The van der Waals surface area contributed by atoms with Crippen LogP contribution in [0, 0.1) is 0 Å². The van der Waals surface area contributed by atoms with Gasteiger partial charge in [0.2, 0.25) is 5.91 Å². The summed E-state index contributed by atoms with van der Waals surface area (Å²) in [7, 11) is 1.61. The van der Waals surface area contributed by atoms with E-state index in [2.05, 4.69) is 12.2 Å². The Balaban J connectivity index is 2.81. The molecule has 0 spiro atoms. The van der Waals surface area contributed by atoms with Crippen molar-refractivity contribution in [1.29, 1.82) is 0 Å². The van der Waals surface area contributed by atoms with Crippen molar-refractivity contribution in [3.05, 3.63) is 23.8 Å². The molecule has 1 aromatic rings. The second-order valence-electron chi connectivity index (χ2n) is 6.03. The molecule has 0 aliphatic carbocycles. The van der Waals surface area contributed by atoms with Crippen LogP contribution in [0.2, 0.25) is 0 Å². The average Bonchev–Trinajstić information content (AvgIpc) is 2.46. The zero-order chi connectivity index (χ0) is 16.8. The summed E-state index contributed by atoms with van der Waals surface area (Å²) in [6.07, 6.45) is 2.08. The smallest absolute Gasteiger partial charge is 0.239 e. The van der Waals surface area contributed by atoms with Crippen LogP contribution in [0.1, 0.15) is 52.1 Å². The third-order valence-electron chi connectivity index (χ3n) is 3.38. The lowest BCUT2D eigenvalue weighted by atomic mass is 10.0. The summed E-state index contributed by atoms with van der Waals surface area (Å²) in [6, 6.07) is 5.53. The van der Waals surface area contributed by atoms with E-state index in [-0.39, 0.29) is 11.9 Å². The molecule has 1 unspecified atom stereocenters. The average molecular weight is 308 g/mol. The molecule has 1 rings (SSSR count). The van der Waals surface area contributed by atoms with E-state index < -0.39 is 5.54 Å². The van der Waals surface area contributed by atoms with Crippen LogP contribution in [0.5, 0.6) is 11.5 Å². The van der Waals surface area contributed by atoms with Crippen molar-refractivity contribution in [3.63, 3.8) is 0 Å². The number of nitrogens with one attached hydrogen (secondary N) is 1. The van der Waals surface area contributed by atoms with E-state index in [0.29, 0.717) is 12.4 Å². The quantitative estimate of drug-likeness (QED) is 0.724. The highest BCUT2D eigenvalue weighted by atomic mass is 16.5. The molecule has 0 saturated carbocycles. The fourth-order valence-corrected chi connectivity index (χ4v) is 1.87. The molecule has 0 fully saturated rings. The molecule has 3 N–H and O–H groups in total. The monoisotopic (exact) mass is 308 g/mol. The van der Waals surface area contributed by atoms with Crippen LogP contribution >= 0.6 is 0 Å². The molecule has 1 aromatic carbocycles. The van der Waals surface area contributed by atoms with Crippen molar-refractivity contribution >= 4 is 5.91 Å². The number of methoxy groups -OCH3 is 1. The number of ether oxygens (including phenoxy) is 2. The van der Waals surface area contributed by atoms with Crippen molar-refractivity contribution in [2.45, 2.75) is 52.1 Å². The molecule has 0 aliphatic heterocycles. The number of amides is 1. The maximum absolute atomic E-state index is 12.0. The zero-order valence-corrected chi connectivity index (χ0v) is 14.2. The van der Waals surface area contributed by atoms with Crippen LogP contribution in [0.25, 0.3) is 0 Å². The van der Waals surface area contributed by atoms with E-state index in [4.69, 9.17) is 15.2 Å². The van der Waals surface area contributed by atoms with Gasteiger partial charge in [0.1, 0.15) is 0 Å². The van der Waals surface area contributed by atoms with Crippen LogP contribution in [0.3, 0.4) is 0 Å². The minimum absolute atomic E-state index is 0.158. The normalized spacial score (nSPS) is 12.6. The van der Waals surface area contributed by atoms with Crippen LogP contribution < -0.4 is 20.5 Å². The number of hydrogen-bond donors (Lipinski definition) is 2. The van der Waals surface area contributed by atoms with E-state index in [9.17, 15) is 4.79 Å². The van der Waals surface area contributed by atoms with Crippen LogP contribution in [0.4, 0.5) is 0 Å². The highest BCUT2D eigenvalue weighted by molar-refractivity contribution is 5.85. The number of unbranched alkanes of at least 4 members (excludes halogenated alkanes) is 1. The fraction of sp³-hybridized carbons (Fsp3) is 0.588. The van der Waals surface area contributed by atoms with Crippen LogP contribution in [-0.4, -0.2) is 25.2 Å². The predicted octanol–water partition coefficient (Wildman–Crippen LogP) is 2.79. The first-order valence-corrected chi connectivity index (χ1v) is 7.70. The topological polar surface area (TPSA) is 73.6 Å². The van der Waals surface area contributed by atoms with Gasteiger partial charge in [-0.15, -0.1) is 0 Å². The summed E-state index contributed by atoms with van der Waals surface area (Å²) in [6.45, 7) is 8.06. The van der Waals surface area contributed by atoms with Crippen molar-refractivity contribution in [2.24, 2.45) is 5.73 Å². The van der Waals surface area contributed by atoms with Crippen LogP contribution in [-0.2, 0) is 4.79 Å². The van der Waals surface area contributed by atoms with Crippen molar-refractivity contribution < 1.29 is 14.3 Å². The molecule has 22 heavy (non-hydrogen) atoms. The Labute approximate surface area is 133 Å². The highest BCUT2D eigenvalue weighted by Gasteiger charge is 2.23. The van der Waals surface area contributed by atoms with E-state index in [1.807, 2.05) is 25.1 Å². The molecule has 0 aromatic heterocycles. The molecule has 5 heteroatoms. The number of rotatable bonds is 8. The molecular weight excluding hydrogens is 280 g/mol. The summed E-state index contributed by atoms with van der Waals surface area (Å²) < 4.78 is 11.1. The molecule has 0 aliphatic rings. The molecule has 1 atom stereocenters. The number of nitrogens with two attached hydrogens (primary N) is 1. The Bertz CT molecular complexity index is 495. The minimum atomic E-state index is -0.901. The molecule has 1 amide bonds. The molecule has 5 nitrogen and oxygen atoms in total. The molecular formula is C17H28N2O3. The Hall–Kier alpha value is -1.75. The largest absolute Gasteiger partial charge is 0.493 e. The Morgan fingerprint density at radius 1 is 1.36 bits per heavy atom. The summed E-state index contributed by atoms with van der Waals surface area (Å²) in [5, 5.41) is 2.90. The first-order chi connectivity index (χ1) is 10.3. The van der Waals surface area contributed by atoms with Gasteiger partial charge in [0.25, 0.3) is 0 Å². The first kappa shape index (κ1) is 18.3. The van der Waals surface area contributed by atoms with Gasteiger partial charge in [-0.25, -0.2) is 0 Å². The maximum atomic E-state index is 12.0. The zero-order valence-electron chi connectivity index (χ0n) is 14.2. The third-order valence-corrected chi connectivity index (χ3v) is 3.38. The molecule has 0 bridgehead atoms. The van der Waals surface area contributed by atoms with Crippen molar-refractivity contribution in [1.82, 2.24) is 5.32 Å². The van der Waals surface area contributed by atoms with E-state index in [0.717, 1.165) is 24.2 Å². The second kappa shape index (κ2) is 8.03. The van der Waals surface area contributed by atoms with Gasteiger partial charge in [-0.2, -0.15) is 0 Å². The number of benzene rings is 1. The number of carbonyl (C=O) groups excluding carboxylic acids is 1. The fourth-order valence-electron chi connectivity index (χ4n) is 1.87. The van der Waals surface area contributed by atoms with E-state index >= 15 is 0 Å². The Kier molecular flexibility index (Phi) is 6.68. The molecule has 124 valence electrons. The summed E-state index contributed by atoms with van der Waals surface area (Å²) >= 11 is 0. The maximum Gasteiger partial charge on any atom is 0.239 e. The van der Waals surface area contributed by atoms with Gasteiger partial charge in [-0.05, 0) is 44.9 Å². The van der Waals surface area contributed by atoms with Gasteiger partial charge >= 0.3 is 0 Å². The lowest BCUT2D eigenvalue weighted by Crippen LogP contribution is -2.49. The minimum Gasteiger partial charge on any atom is -0.493 e. The SMILES string of the molecule is CCCCOc1ccc(C(C)NC(=O)C(C)(C)N)cc1OC. The van der Waals surface area contributed by atoms with Gasteiger partial charge in [0.15, 0.2) is 11.5 Å². The highest BCUT2D eigenvalue weighted by Crippen LogP contribution is 2.30. The Morgan fingerprint density at radius 3 is 2.59 bits per heavy atom. The molecule has 0 radical (unpaired) electrons. The van der Waals surface area contributed by atoms with Gasteiger partial charge < -0.3 is 20.5 Å². The number of carbonyl (C=O) groups is 1. The third kappa shape index (κ3) is 5.22. The van der Waals surface area contributed by atoms with Gasteiger partial charge in [0.05, 0.1) is 25.3 Å². The standard InChI is InChI=1S/C17H28N2O3/c1-6-7-10-22-14-9-8-13(11-15(14)21-5)12(2)19-16(20)17(3,4)18/h8-9,11-12H,6-7,10,18H2,1-5H3,(H,19,20). The van der Waals surface area contributed by atoms with Crippen molar-refractivity contribution in [3.8, 4) is 11.5 Å². The summed E-state index contributed by atoms with van der Waals surface area (Å²) in [5.41, 5.74) is 5.84. The van der Waals surface area contributed by atoms with E-state index in [1.54, 1.807) is 21.0 Å². The summed E-state index contributed by atoms with van der Waals surface area (Å²) in [4.78, 5) is 12.0. The van der Waals surface area contributed by atoms with Gasteiger partial charge in [0, 0.05) is 0 Å². The lowest BCUT2D eigenvalue weighted by molar-refractivity contribution is -0.125. The second-order valence-corrected chi connectivity index (χ2v) is 6.03. The molecule has 0 saturated heterocycles. The summed E-state index contributed by atoms with van der Waals surface area (Å²) in [5.74, 6) is 1.20. The molecule has 0 heterocycles.